The van der Waals surface area contributed by atoms with Gasteiger partial charge in [0.1, 0.15) is 5.75 Å². The number of benzene rings is 1. The number of ether oxygens (including phenoxy) is 1. The van der Waals surface area contributed by atoms with Crippen molar-refractivity contribution in [2.24, 2.45) is 0 Å². The molecule has 0 saturated carbocycles. The molecule has 1 aromatic carbocycles. The van der Waals surface area contributed by atoms with Crippen molar-refractivity contribution in [3.8, 4) is 11.8 Å². The topological polar surface area (TPSA) is 84.3 Å². The van der Waals surface area contributed by atoms with Crippen LogP contribution in [-0.4, -0.2) is 27.6 Å². The van der Waals surface area contributed by atoms with E-state index in [0.717, 1.165) is 5.56 Å². The van der Waals surface area contributed by atoms with Crippen LogP contribution in [-0.2, 0) is 11.3 Å². The van der Waals surface area contributed by atoms with Crippen LogP contribution < -0.4 is 10.1 Å². The van der Waals surface area contributed by atoms with Gasteiger partial charge in [-0.2, -0.15) is 0 Å². The largest absolute Gasteiger partial charge is 0.480 e. The van der Waals surface area contributed by atoms with Crippen molar-refractivity contribution < 1.29 is 14.6 Å². The molecule has 0 aliphatic rings. The molecule has 1 heterocycles. The second kappa shape index (κ2) is 6.46. The maximum absolute atomic E-state index is 10.4. The third-order valence-corrected chi connectivity index (χ3v) is 2.26. The normalized spacial score (nSPS) is 10.1. The number of carboxylic acid groups (broad SMARTS) is 1. The van der Waals surface area contributed by atoms with E-state index in [9.17, 15) is 4.79 Å². The minimum Gasteiger partial charge on any atom is -0.480 e. The highest BCUT2D eigenvalue weighted by atomic mass is 16.5. The molecule has 0 radical (unpaired) electrons. The van der Waals surface area contributed by atoms with Gasteiger partial charge in [0.2, 0.25) is 0 Å². The maximum atomic E-state index is 10.4. The molecule has 0 atom stereocenters. The first-order valence-corrected chi connectivity index (χ1v) is 5.70. The summed E-state index contributed by atoms with van der Waals surface area (Å²) in [5.41, 5.74) is 0.926. The van der Waals surface area contributed by atoms with Crippen molar-refractivity contribution in [1.82, 2.24) is 15.3 Å². The van der Waals surface area contributed by atoms with Gasteiger partial charge < -0.3 is 15.2 Å². The molecule has 0 aliphatic carbocycles. The number of rotatable bonds is 6. The molecule has 0 amide bonds. The van der Waals surface area contributed by atoms with Crippen molar-refractivity contribution in [1.29, 1.82) is 0 Å². The van der Waals surface area contributed by atoms with Gasteiger partial charge in [0.15, 0.2) is 0 Å². The predicted octanol–water partition coefficient (Wildman–Crippen LogP) is 1.44. The average molecular weight is 259 g/mol. The van der Waals surface area contributed by atoms with Gasteiger partial charge in [0, 0.05) is 18.9 Å². The van der Waals surface area contributed by atoms with Gasteiger partial charge in [-0.15, -0.1) is 0 Å². The van der Waals surface area contributed by atoms with Crippen LogP contribution in [0.25, 0.3) is 0 Å². The molecule has 0 fully saturated rings. The second-order valence-corrected chi connectivity index (χ2v) is 3.78. The number of nitrogens with one attached hydrogen (secondary N) is 1. The molecular formula is C13H13N3O3. The Morgan fingerprint density at radius 1 is 1.26 bits per heavy atom. The van der Waals surface area contributed by atoms with Crippen LogP contribution in [0.1, 0.15) is 5.56 Å². The first kappa shape index (κ1) is 13.0. The molecule has 2 rings (SSSR count). The van der Waals surface area contributed by atoms with Crippen molar-refractivity contribution >= 4 is 5.97 Å². The highest BCUT2D eigenvalue weighted by Crippen LogP contribution is 2.18. The number of nitrogens with zero attached hydrogens (tertiary/aromatic N) is 2. The van der Waals surface area contributed by atoms with Crippen LogP contribution >= 0.6 is 0 Å². The van der Waals surface area contributed by atoms with Crippen LogP contribution in [0.5, 0.6) is 11.8 Å². The lowest BCUT2D eigenvalue weighted by Gasteiger charge is -2.06. The standard InChI is InChI=1S/C13H13N3O3/c17-12(18)9-14-8-10-3-1-4-11(7-10)19-13-15-5-2-6-16-13/h1-7,14H,8-9H2,(H,17,18). The Labute approximate surface area is 110 Å². The van der Waals surface area contributed by atoms with Gasteiger partial charge in [0.05, 0.1) is 6.54 Å². The summed E-state index contributed by atoms with van der Waals surface area (Å²) in [7, 11) is 0. The van der Waals surface area contributed by atoms with Gasteiger partial charge in [-0.05, 0) is 23.8 Å². The van der Waals surface area contributed by atoms with E-state index in [1.165, 1.54) is 0 Å². The predicted molar refractivity (Wildman–Crippen MR) is 67.9 cm³/mol. The summed E-state index contributed by atoms with van der Waals surface area (Å²) in [6, 6.07) is 9.29. The zero-order valence-corrected chi connectivity index (χ0v) is 10.1. The monoisotopic (exact) mass is 259 g/mol. The number of hydrogen-bond acceptors (Lipinski definition) is 5. The van der Waals surface area contributed by atoms with Crippen LogP contribution in [0, 0.1) is 0 Å². The lowest BCUT2D eigenvalue weighted by Crippen LogP contribution is -2.21. The summed E-state index contributed by atoms with van der Waals surface area (Å²) in [4.78, 5) is 18.3. The van der Waals surface area contributed by atoms with Crippen molar-refractivity contribution in [3.05, 3.63) is 48.3 Å². The van der Waals surface area contributed by atoms with Crippen LogP contribution in [0.2, 0.25) is 0 Å². The Hall–Kier alpha value is -2.47. The molecule has 1 aromatic heterocycles. The molecule has 0 spiro atoms. The zero-order chi connectivity index (χ0) is 13.5. The highest BCUT2D eigenvalue weighted by Gasteiger charge is 2.01. The average Bonchev–Trinajstić information content (AvgIpc) is 2.40. The van der Waals surface area contributed by atoms with Gasteiger partial charge in [-0.25, -0.2) is 9.97 Å². The molecule has 19 heavy (non-hydrogen) atoms. The number of carbonyl (C=O) groups is 1. The number of carboxylic acids is 1. The minimum absolute atomic E-state index is 0.0765. The van der Waals surface area contributed by atoms with E-state index in [4.69, 9.17) is 9.84 Å². The molecule has 0 unspecified atom stereocenters. The third-order valence-electron chi connectivity index (χ3n) is 2.26. The fourth-order valence-electron chi connectivity index (χ4n) is 1.48. The molecule has 2 aromatic rings. The minimum atomic E-state index is -0.884. The van der Waals surface area contributed by atoms with Gasteiger partial charge >= 0.3 is 12.0 Å². The Bertz CT molecular complexity index is 546. The molecule has 2 N–H and O–H groups in total. The molecule has 0 bridgehead atoms. The Morgan fingerprint density at radius 2 is 2.05 bits per heavy atom. The second-order valence-electron chi connectivity index (χ2n) is 3.78. The van der Waals surface area contributed by atoms with Crippen LogP contribution in [0.15, 0.2) is 42.7 Å². The summed E-state index contributed by atoms with van der Waals surface area (Å²) in [6.45, 7) is 0.381. The zero-order valence-electron chi connectivity index (χ0n) is 10.1. The van der Waals surface area contributed by atoms with Crippen molar-refractivity contribution in [2.75, 3.05) is 6.54 Å². The number of aliphatic carboxylic acids is 1. The molecule has 98 valence electrons. The maximum Gasteiger partial charge on any atom is 0.321 e. The van der Waals surface area contributed by atoms with Gasteiger partial charge in [-0.3, -0.25) is 4.79 Å². The van der Waals surface area contributed by atoms with E-state index in [2.05, 4.69) is 15.3 Å². The van der Waals surface area contributed by atoms with Gasteiger partial charge in [-0.1, -0.05) is 12.1 Å². The third kappa shape index (κ3) is 4.36. The molecule has 6 nitrogen and oxygen atoms in total. The van der Waals surface area contributed by atoms with Crippen LogP contribution in [0.3, 0.4) is 0 Å². The first-order chi connectivity index (χ1) is 9.24. The van der Waals surface area contributed by atoms with Crippen molar-refractivity contribution in [3.63, 3.8) is 0 Å². The number of aromatic nitrogens is 2. The van der Waals surface area contributed by atoms with E-state index < -0.39 is 5.97 Å². The Morgan fingerprint density at radius 3 is 2.79 bits per heavy atom. The fourth-order valence-corrected chi connectivity index (χ4v) is 1.48. The summed E-state index contributed by atoms with van der Waals surface area (Å²) in [5, 5.41) is 11.3. The summed E-state index contributed by atoms with van der Waals surface area (Å²) in [6.07, 6.45) is 3.20. The first-order valence-electron chi connectivity index (χ1n) is 5.70. The summed E-state index contributed by atoms with van der Waals surface area (Å²) >= 11 is 0. The van der Waals surface area contributed by atoms with E-state index in [0.29, 0.717) is 12.3 Å². The molecule has 6 heteroatoms. The SMILES string of the molecule is O=C(O)CNCc1cccc(Oc2ncccn2)c1. The fraction of sp³-hybridized carbons (Fsp3) is 0.154. The Balaban J connectivity index is 1.97. The van der Waals surface area contributed by atoms with E-state index in [-0.39, 0.29) is 12.6 Å². The number of hydrogen-bond donors (Lipinski definition) is 2. The molecule has 0 aliphatic heterocycles. The van der Waals surface area contributed by atoms with Crippen molar-refractivity contribution in [2.45, 2.75) is 6.54 Å². The van der Waals surface area contributed by atoms with Crippen LogP contribution in [0.4, 0.5) is 0 Å². The lowest BCUT2D eigenvalue weighted by molar-refractivity contribution is -0.135. The lowest BCUT2D eigenvalue weighted by atomic mass is 10.2. The van der Waals surface area contributed by atoms with E-state index in [1.807, 2.05) is 18.2 Å². The van der Waals surface area contributed by atoms with E-state index >= 15 is 0 Å². The van der Waals surface area contributed by atoms with Gasteiger partial charge in [0.25, 0.3) is 0 Å². The Kier molecular flexibility index (Phi) is 4.41. The quantitative estimate of drug-likeness (QED) is 0.816. The smallest absolute Gasteiger partial charge is 0.321 e. The summed E-state index contributed by atoms with van der Waals surface area (Å²) in [5.74, 6) is -0.272. The van der Waals surface area contributed by atoms with E-state index in [1.54, 1.807) is 24.5 Å². The molecule has 0 saturated heterocycles. The molecular weight excluding hydrogens is 246 g/mol. The summed E-state index contributed by atoms with van der Waals surface area (Å²) < 4.78 is 5.48. The highest BCUT2D eigenvalue weighted by molar-refractivity contribution is 5.68.